The van der Waals surface area contributed by atoms with Crippen molar-refractivity contribution in [1.82, 2.24) is 38.7 Å². The van der Waals surface area contributed by atoms with Crippen molar-refractivity contribution in [2.75, 3.05) is 0 Å². The van der Waals surface area contributed by atoms with Crippen LogP contribution in [0.25, 0.3) is 16.8 Å². The van der Waals surface area contributed by atoms with Gasteiger partial charge in [-0.1, -0.05) is 11.6 Å². The van der Waals surface area contributed by atoms with Gasteiger partial charge in [-0.2, -0.15) is 10.1 Å². The van der Waals surface area contributed by atoms with Gasteiger partial charge in [0.25, 0.3) is 5.56 Å². The Morgan fingerprint density at radius 2 is 1.90 bits per heavy atom. The smallest absolute Gasteiger partial charge is 0.280 e. The third-order valence-corrected chi connectivity index (χ3v) is 4.96. The van der Waals surface area contributed by atoms with E-state index in [1.165, 1.54) is 27.9 Å². The molecule has 0 aliphatic carbocycles. The molecular formula is C19H15ClN8O2. The molecule has 0 radical (unpaired) electrons. The predicted octanol–water partition coefficient (Wildman–Crippen LogP) is 2.37. The van der Waals surface area contributed by atoms with Gasteiger partial charge < -0.3 is 9.30 Å². The maximum atomic E-state index is 12.8. The summed E-state index contributed by atoms with van der Waals surface area (Å²) in [5.74, 6) is 1.53. The molecule has 11 heteroatoms. The fourth-order valence-electron chi connectivity index (χ4n) is 3.13. The first-order chi connectivity index (χ1) is 14.5. The van der Waals surface area contributed by atoms with E-state index in [0.717, 1.165) is 0 Å². The van der Waals surface area contributed by atoms with E-state index in [0.29, 0.717) is 45.0 Å². The number of hydrogen-bond donors (Lipinski definition) is 0. The SMILES string of the molecule is Cc1ncn2ncn(Cc3nc4ncc(Oc5ccc(Cl)cc5)nc4n3C)c(=O)c12. The van der Waals surface area contributed by atoms with Crippen LogP contribution in [-0.4, -0.2) is 38.7 Å². The van der Waals surface area contributed by atoms with Crippen molar-refractivity contribution in [3.8, 4) is 11.6 Å². The lowest BCUT2D eigenvalue weighted by atomic mass is 10.3. The monoisotopic (exact) mass is 422 g/mol. The lowest BCUT2D eigenvalue weighted by molar-refractivity contribution is 0.462. The summed E-state index contributed by atoms with van der Waals surface area (Å²) in [6, 6.07) is 6.96. The molecule has 0 fully saturated rings. The van der Waals surface area contributed by atoms with Crippen LogP contribution in [0.1, 0.15) is 11.5 Å². The summed E-state index contributed by atoms with van der Waals surface area (Å²) in [6.07, 6.45) is 4.48. The molecule has 0 amide bonds. The molecule has 150 valence electrons. The highest BCUT2D eigenvalue weighted by atomic mass is 35.5. The Morgan fingerprint density at radius 3 is 2.70 bits per heavy atom. The lowest BCUT2D eigenvalue weighted by Gasteiger charge is -2.06. The zero-order chi connectivity index (χ0) is 20.8. The number of nitrogens with zero attached hydrogens (tertiary/aromatic N) is 8. The van der Waals surface area contributed by atoms with Gasteiger partial charge in [-0.15, -0.1) is 0 Å². The largest absolute Gasteiger partial charge is 0.437 e. The van der Waals surface area contributed by atoms with Crippen molar-refractivity contribution in [3.05, 3.63) is 70.0 Å². The van der Waals surface area contributed by atoms with E-state index in [2.05, 4.69) is 25.0 Å². The van der Waals surface area contributed by atoms with Gasteiger partial charge in [0.1, 0.15) is 24.2 Å². The third kappa shape index (κ3) is 3.07. The van der Waals surface area contributed by atoms with Gasteiger partial charge in [0.2, 0.25) is 5.88 Å². The maximum Gasteiger partial charge on any atom is 0.280 e. The molecule has 0 N–H and O–H groups in total. The Kier molecular flexibility index (Phi) is 4.21. The van der Waals surface area contributed by atoms with Crippen LogP contribution < -0.4 is 10.3 Å². The second kappa shape index (κ2) is 6.92. The molecule has 0 unspecified atom stereocenters. The summed E-state index contributed by atoms with van der Waals surface area (Å²) in [5.41, 5.74) is 1.86. The number of benzene rings is 1. The minimum Gasteiger partial charge on any atom is -0.437 e. The fraction of sp³-hybridized carbons (Fsp3) is 0.158. The summed E-state index contributed by atoms with van der Waals surface area (Å²) in [4.78, 5) is 30.3. The quantitative estimate of drug-likeness (QED) is 0.437. The number of aromatic nitrogens is 8. The van der Waals surface area contributed by atoms with Gasteiger partial charge in [-0.3, -0.25) is 9.36 Å². The minimum absolute atomic E-state index is 0.195. The molecule has 5 aromatic rings. The molecule has 10 nitrogen and oxygen atoms in total. The molecule has 0 aliphatic rings. The maximum absolute atomic E-state index is 12.8. The van der Waals surface area contributed by atoms with E-state index in [1.54, 1.807) is 35.8 Å². The molecule has 30 heavy (non-hydrogen) atoms. The Balaban J connectivity index is 1.49. The van der Waals surface area contributed by atoms with Crippen LogP contribution in [0.5, 0.6) is 11.6 Å². The summed E-state index contributed by atoms with van der Waals surface area (Å²) >= 11 is 5.90. The van der Waals surface area contributed by atoms with Crippen LogP contribution in [0.2, 0.25) is 5.02 Å². The fourth-order valence-corrected chi connectivity index (χ4v) is 3.26. The molecule has 0 atom stereocenters. The number of hydrogen-bond acceptors (Lipinski definition) is 7. The van der Waals surface area contributed by atoms with E-state index in [1.807, 2.05) is 7.05 Å². The molecule has 0 spiro atoms. The summed E-state index contributed by atoms with van der Waals surface area (Å²) in [7, 11) is 1.81. The molecule has 1 aromatic carbocycles. The van der Waals surface area contributed by atoms with E-state index in [9.17, 15) is 4.79 Å². The summed E-state index contributed by atoms with van der Waals surface area (Å²) < 4.78 is 10.5. The van der Waals surface area contributed by atoms with Crippen LogP contribution in [0.3, 0.4) is 0 Å². The normalized spacial score (nSPS) is 11.4. The summed E-state index contributed by atoms with van der Waals surface area (Å²) in [5, 5.41) is 4.85. The van der Waals surface area contributed by atoms with Crippen LogP contribution in [0, 0.1) is 6.92 Å². The van der Waals surface area contributed by atoms with Gasteiger partial charge in [-0.25, -0.2) is 19.5 Å². The van der Waals surface area contributed by atoms with Crippen molar-refractivity contribution in [2.45, 2.75) is 13.5 Å². The minimum atomic E-state index is -0.195. The zero-order valence-corrected chi connectivity index (χ0v) is 16.8. The van der Waals surface area contributed by atoms with Gasteiger partial charge in [0.15, 0.2) is 16.8 Å². The van der Waals surface area contributed by atoms with Crippen LogP contribution in [0.15, 0.2) is 47.9 Å². The van der Waals surface area contributed by atoms with Crippen LogP contribution in [0.4, 0.5) is 0 Å². The molecule has 0 aliphatic heterocycles. The Bertz CT molecular complexity index is 1450. The number of fused-ring (bicyclic) bond motifs is 2. The Labute approximate surface area is 174 Å². The molecule has 4 heterocycles. The Morgan fingerprint density at radius 1 is 1.10 bits per heavy atom. The second-order valence-corrected chi connectivity index (χ2v) is 7.12. The number of ether oxygens (including phenoxy) is 1. The number of halogens is 1. The average Bonchev–Trinajstić information content (AvgIpc) is 3.26. The lowest BCUT2D eigenvalue weighted by Crippen LogP contribution is -2.24. The van der Waals surface area contributed by atoms with Crippen LogP contribution >= 0.6 is 11.6 Å². The van der Waals surface area contributed by atoms with Crippen molar-refractivity contribution >= 4 is 28.4 Å². The predicted molar refractivity (Wildman–Crippen MR) is 109 cm³/mol. The average molecular weight is 423 g/mol. The Hall–Kier alpha value is -3.79. The first-order valence-corrected chi connectivity index (χ1v) is 9.38. The van der Waals surface area contributed by atoms with E-state index >= 15 is 0 Å². The van der Waals surface area contributed by atoms with Gasteiger partial charge >= 0.3 is 0 Å². The summed E-state index contributed by atoms with van der Waals surface area (Å²) in [6.45, 7) is 1.99. The highest BCUT2D eigenvalue weighted by Crippen LogP contribution is 2.22. The van der Waals surface area contributed by atoms with Gasteiger partial charge in [-0.05, 0) is 31.2 Å². The zero-order valence-electron chi connectivity index (χ0n) is 16.0. The second-order valence-electron chi connectivity index (χ2n) is 6.69. The number of imidazole rings is 2. The number of rotatable bonds is 4. The van der Waals surface area contributed by atoms with Crippen LogP contribution in [-0.2, 0) is 13.6 Å². The van der Waals surface area contributed by atoms with E-state index in [4.69, 9.17) is 16.3 Å². The highest BCUT2D eigenvalue weighted by Gasteiger charge is 2.15. The first-order valence-electron chi connectivity index (χ1n) is 9.01. The van der Waals surface area contributed by atoms with E-state index in [-0.39, 0.29) is 12.1 Å². The van der Waals surface area contributed by atoms with Crippen molar-refractivity contribution in [2.24, 2.45) is 7.05 Å². The first kappa shape index (κ1) is 18.3. The molecule has 0 bridgehead atoms. The molecule has 4 aromatic heterocycles. The third-order valence-electron chi connectivity index (χ3n) is 4.71. The van der Waals surface area contributed by atoms with Gasteiger partial charge in [0, 0.05) is 12.1 Å². The number of aryl methyl sites for hydroxylation is 2. The van der Waals surface area contributed by atoms with Crippen molar-refractivity contribution < 1.29 is 4.74 Å². The standard InChI is InChI=1S/C19H15ClN8O2/c1-11-16-19(29)27(10-23-28(16)9-22-11)8-14-24-17-18(26(14)2)25-15(7-21-17)30-13-5-3-12(20)4-6-13/h3-7,9-10H,8H2,1-2H3. The molecule has 0 saturated heterocycles. The topological polar surface area (TPSA) is 105 Å². The molecule has 5 rings (SSSR count). The molecule has 0 saturated carbocycles. The molecular weight excluding hydrogens is 408 g/mol. The van der Waals surface area contributed by atoms with Gasteiger partial charge in [0.05, 0.1) is 18.4 Å². The van der Waals surface area contributed by atoms with E-state index < -0.39 is 0 Å². The highest BCUT2D eigenvalue weighted by molar-refractivity contribution is 6.30. The van der Waals surface area contributed by atoms with Crippen molar-refractivity contribution in [1.29, 1.82) is 0 Å². The van der Waals surface area contributed by atoms with Crippen molar-refractivity contribution in [3.63, 3.8) is 0 Å².